The zero-order valence-electron chi connectivity index (χ0n) is 11.3. The Hall–Kier alpha value is -2.35. The third-order valence-electron chi connectivity index (χ3n) is 3.41. The van der Waals surface area contributed by atoms with E-state index in [0.717, 1.165) is 12.8 Å². The van der Waals surface area contributed by atoms with Crippen molar-refractivity contribution in [3.8, 4) is 11.8 Å². The number of nitrogens with zero attached hydrogens (tertiary/aromatic N) is 2. The van der Waals surface area contributed by atoms with Crippen LogP contribution in [0.25, 0.3) is 0 Å². The fourth-order valence-corrected chi connectivity index (χ4v) is 2.29. The summed E-state index contributed by atoms with van der Waals surface area (Å²) in [5, 5.41) is 9.17. The third kappa shape index (κ3) is 2.80. The predicted octanol–water partition coefficient (Wildman–Crippen LogP) is 1.64. The highest BCUT2D eigenvalue weighted by Gasteiger charge is 2.32. The van der Waals surface area contributed by atoms with Crippen molar-refractivity contribution < 1.29 is 14.3 Å². The molecule has 1 fully saturated rings. The van der Waals surface area contributed by atoms with Crippen LogP contribution in [0.15, 0.2) is 24.3 Å². The number of nitriles is 1. The number of hydrogen-bond acceptors (Lipinski definition) is 4. The first-order valence-corrected chi connectivity index (χ1v) is 6.54. The molecule has 0 spiro atoms. The Kier molecular flexibility index (Phi) is 4.36. The van der Waals surface area contributed by atoms with Crippen molar-refractivity contribution in [2.24, 2.45) is 5.92 Å². The number of benzene rings is 1. The van der Waals surface area contributed by atoms with Crippen molar-refractivity contribution in [2.75, 3.05) is 20.2 Å². The molecule has 0 aliphatic carbocycles. The highest BCUT2D eigenvalue weighted by atomic mass is 16.5. The molecule has 104 valence electrons. The largest absolute Gasteiger partial charge is 0.497 e. The monoisotopic (exact) mass is 272 g/mol. The molecule has 1 amide bonds. The van der Waals surface area contributed by atoms with E-state index in [-0.39, 0.29) is 0 Å². The average molecular weight is 272 g/mol. The molecule has 1 heterocycles. The number of carbonyl (C=O) groups is 2. The van der Waals surface area contributed by atoms with Crippen molar-refractivity contribution in [1.29, 1.82) is 5.26 Å². The summed E-state index contributed by atoms with van der Waals surface area (Å²) in [6.07, 6.45) is 1.86. The van der Waals surface area contributed by atoms with E-state index >= 15 is 0 Å². The minimum atomic E-state index is -1.26. The van der Waals surface area contributed by atoms with Gasteiger partial charge in [-0.3, -0.25) is 9.59 Å². The first-order valence-electron chi connectivity index (χ1n) is 6.54. The summed E-state index contributed by atoms with van der Waals surface area (Å²) < 4.78 is 5.05. The van der Waals surface area contributed by atoms with Gasteiger partial charge in [0.1, 0.15) is 5.75 Å². The van der Waals surface area contributed by atoms with Gasteiger partial charge in [0.2, 0.25) is 5.91 Å². The van der Waals surface area contributed by atoms with Gasteiger partial charge < -0.3 is 9.64 Å². The zero-order chi connectivity index (χ0) is 14.5. The van der Waals surface area contributed by atoms with Gasteiger partial charge in [0, 0.05) is 18.7 Å². The smallest absolute Gasteiger partial charge is 0.247 e. The summed E-state index contributed by atoms with van der Waals surface area (Å²) in [7, 11) is 1.50. The van der Waals surface area contributed by atoms with Crippen molar-refractivity contribution in [3.05, 3.63) is 29.8 Å². The van der Waals surface area contributed by atoms with Crippen LogP contribution < -0.4 is 4.74 Å². The number of ether oxygens (including phenoxy) is 1. The topological polar surface area (TPSA) is 70.4 Å². The molecular formula is C15H16N2O3. The Morgan fingerprint density at radius 2 is 2.05 bits per heavy atom. The van der Waals surface area contributed by atoms with Gasteiger partial charge in [-0.05, 0) is 25.0 Å². The Labute approximate surface area is 117 Å². The number of rotatable bonds is 4. The number of amides is 1. The molecule has 0 N–H and O–H groups in total. The molecule has 1 atom stereocenters. The standard InChI is InChI=1S/C15H16N2O3/c1-20-12-6-4-5-11(9-12)14(18)13(10-16)15(19)17-7-2-3-8-17/h4-6,9,13H,2-3,7-8H2,1H3/t13-/m0/s1. The molecule has 0 radical (unpaired) electrons. The number of ketones is 1. The number of likely N-dealkylation sites (tertiary alicyclic amines) is 1. The van der Waals surface area contributed by atoms with E-state index in [1.165, 1.54) is 7.11 Å². The second-order valence-corrected chi connectivity index (χ2v) is 4.69. The van der Waals surface area contributed by atoms with Crippen LogP contribution >= 0.6 is 0 Å². The highest BCUT2D eigenvalue weighted by Crippen LogP contribution is 2.19. The van der Waals surface area contributed by atoms with Crippen LogP contribution in [0, 0.1) is 17.2 Å². The summed E-state index contributed by atoms with van der Waals surface area (Å²) in [4.78, 5) is 26.1. The highest BCUT2D eigenvalue weighted by molar-refractivity contribution is 6.12. The van der Waals surface area contributed by atoms with Gasteiger partial charge in [-0.15, -0.1) is 0 Å². The van der Waals surface area contributed by atoms with E-state index in [2.05, 4.69) is 0 Å². The third-order valence-corrected chi connectivity index (χ3v) is 3.41. The van der Waals surface area contributed by atoms with E-state index in [4.69, 9.17) is 10.00 Å². The molecule has 1 aliphatic rings. The van der Waals surface area contributed by atoms with Crippen LogP contribution in [0.2, 0.25) is 0 Å². The molecule has 1 aliphatic heterocycles. The molecule has 0 aromatic heterocycles. The maximum atomic E-state index is 12.3. The Bertz CT molecular complexity index is 556. The lowest BCUT2D eigenvalue weighted by molar-refractivity contribution is -0.131. The normalized spacial score (nSPS) is 15.5. The van der Waals surface area contributed by atoms with Crippen LogP contribution in [0.3, 0.4) is 0 Å². The molecular weight excluding hydrogens is 256 g/mol. The number of carbonyl (C=O) groups excluding carboxylic acids is 2. The first kappa shape index (κ1) is 14.1. The van der Waals surface area contributed by atoms with E-state index in [1.54, 1.807) is 29.2 Å². The van der Waals surface area contributed by atoms with Crippen molar-refractivity contribution in [3.63, 3.8) is 0 Å². The van der Waals surface area contributed by atoms with E-state index in [1.807, 2.05) is 6.07 Å². The molecule has 0 bridgehead atoms. The minimum Gasteiger partial charge on any atom is -0.497 e. The molecule has 5 nitrogen and oxygen atoms in total. The van der Waals surface area contributed by atoms with Crippen LogP contribution in [0.4, 0.5) is 0 Å². The van der Waals surface area contributed by atoms with Crippen LogP contribution in [0.1, 0.15) is 23.2 Å². The molecule has 5 heteroatoms. The first-order chi connectivity index (χ1) is 9.67. The number of Topliss-reactive ketones (excluding diaryl/α,β-unsaturated/α-hetero) is 1. The van der Waals surface area contributed by atoms with E-state index in [9.17, 15) is 9.59 Å². The lowest BCUT2D eigenvalue weighted by Gasteiger charge is -2.18. The van der Waals surface area contributed by atoms with Crippen LogP contribution in [-0.2, 0) is 4.79 Å². The lowest BCUT2D eigenvalue weighted by Crippen LogP contribution is -2.37. The number of methoxy groups -OCH3 is 1. The summed E-state index contributed by atoms with van der Waals surface area (Å²) >= 11 is 0. The van der Waals surface area contributed by atoms with Crippen molar-refractivity contribution in [2.45, 2.75) is 12.8 Å². The number of hydrogen-bond donors (Lipinski definition) is 0. The second-order valence-electron chi connectivity index (χ2n) is 4.69. The molecule has 1 saturated heterocycles. The zero-order valence-corrected chi connectivity index (χ0v) is 11.3. The molecule has 0 saturated carbocycles. The van der Waals surface area contributed by atoms with Crippen molar-refractivity contribution in [1.82, 2.24) is 4.90 Å². The van der Waals surface area contributed by atoms with Crippen LogP contribution in [0.5, 0.6) is 5.75 Å². The van der Waals surface area contributed by atoms with E-state index in [0.29, 0.717) is 24.4 Å². The molecule has 2 rings (SSSR count). The van der Waals surface area contributed by atoms with Gasteiger partial charge in [0.05, 0.1) is 13.2 Å². The Balaban J connectivity index is 2.20. The van der Waals surface area contributed by atoms with Gasteiger partial charge >= 0.3 is 0 Å². The fourth-order valence-electron chi connectivity index (χ4n) is 2.29. The predicted molar refractivity (Wildman–Crippen MR) is 72.2 cm³/mol. The molecule has 1 aromatic rings. The Morgan fingerprint density at radius 3 is 2.65 bits per heavy atom. The molecule has 0 unspecified atom stereocenters. The second kappa shape index (κ2) is 6.20. The Morgan fingerprint density at radius 1 is 1.35 bits per heavy atom. The SMILES string of the molecule is COc1cccc(C(=O)[C@H](C#N)C(=O)N2CCCC2)c1. The average Bonchev–Trinajstić information content (AvgIpc) is 3.02. The van der Waals surface area contributed by atoms with Crippen molar-refractivity contribution >= 4 is 11.7 Å². The minimum absolute atomic E-state index is 0.323. The van der Waals surface area contributed by atoms with Gasteiger partial charge in [0.25, 0.3) is 0 Å². The summed E-state index contributed by atoms with van der Waals surface area (Å²) in [6, 6.07) is 8.34. The van der Waals surface area contributed by atoms with Gasteiger partial charge in [0.15, 0.2) is 11.7 Å². The van der Waals surface area contributed by atoms with Gasteiger partial charge in [-0.2, -0.15) is 5.26 Å². The van der Waals surface area contributed by atoms with Gasteiger partial charge in [-0.1, -0.05) is 12.1 Å². The van der Waals surface area contributed by atoms with Gasteiger partial charge in [-0.25, -0.2) is 0 Å². The lowest BCUT2D eigenvalue weighted by atomic mass is 9.97. The summed E-state index contributed by atoms with van der Waals surface area (Å²) in [5.74, 6) is -1.59. The fraction of sp³-hybridized carbons (Fsp3) is 0.400. The quantitative estimate of drug-likeness (QED) is 0.617. The maximum absolute atomic E-state index is 12.3. The summed E-state index contributed by atoms with van der Waals surface area (Å²) in [5.41, 5.74) is 0.323. The molecule has 1 aromatic carbocycles. The van der Waals surface area contributed by atoms with E-state index < -0.39 is 17.6 Å². The van der Waals surface area contributed by atoms with Crippen LogP contribution in [-0.4, -0.2) is 36.8 Å². The summed E-state index contributed by atoms with van der Waals surface area (Å²) in [6.45, 7) is 1.25. The maximum Gasteiger partial charge on any atom is 0.247 e. The molecule has 20 heavy (non-hydrogen) atoms.